The van der Waals surface area contributed by atoms with Crippen LogP contribution in [0.25, 0.3) is 11.2 Å². The summed E-state index contributed by atoms with van der Waals surface area (Å²) < 4.78 is 1.53. The molecule has 1 N–H and O–H groups in total. The minimum atomic E-state index is -0.167. The molecule has 7 nitrogen and oxygen atoms in total. The summed E-state index contributed by atoms with van der Waals surface area (Å²) in [6.07, 6.45) is 3.01. The summed E-state index contributed by atoms with van der Waals surface area (Å²) in [6.45, 7) is 1.69. The first-order chi connectivity index (χ1) is 14.0. The second-order valence-electron chi connectivity index (χ2n) is 7.25. The van der Waals surface area contributed by atoms with Crippen molar-refractivity contribution in [2.45, 2.75) is 19.4 Å². The fourth-order valence-corrected chi connectivity index (χ4v) is 3.90. The summed E-state index contributed by atoms with van der Waals surface area (Å²) >= 11 is 5.99. The second-order valence-corrected chi connectivity index (χ2v) is 7.69. The summed E-state index contributed by atoms with van der Waals surface area (Å²) in [7, 11) is 1.71. The Morgan fingerprint density at radius 3 is 2.79 bits per heavy atom. The molecule has 4 rings (SSSR count). The molecular formula is C21H22ClN5O2. The van der Waals surface area contributed by atoms with E-state index in [0.29, 0.717) is 54.5 Å². The van der Waals surface area contributed by atoms with Gasteiger partial charge >= 0.3 is 0 Å². The SMILES string of the molecule is Cn1c(=O)c(N2CCC(C(=O)NCc3cccc(Cl)c3)CC2)nc2cccnc21. The van der Waals surface area contributed by atoms with Crippen LogP contribution in [0.2, 0.25) is 5.02 Å². The van der Waals surface area contributed by atoms with Gasteiger partial charge in [-0.2, -0.15) is 0 Å². The van der Waals surface area contributed by atoms with Gasteiger partial charge in [0.15, 0.2) is 11.5 Å². The number of rotatable bonds is 4. The third-order valence-corrected chi connectivity index (χ3v) is 5.56. The number of aromatic nitrogens is 3. The van der Waals surface area contributed by atoms with E-state index in [4.69, 9.17) is 11.6 Å². The quantitative estimate of drug-likeness (QED) is 0.713. The average molecular weight is 412 g/mol. The van der Waals surface area contributed by atoms with E-state index in [9.17, 15) is 9.59 Å². The zero-order valence-electron chi connectivity index (χ0n) is 16.1. The predicted molar refractivity (Wildman–Crippen MR) is 113 cm³/mol. The van der Waals surface area contributed by atoms with Crippen LogP contribution in [0.1, 0.15) is 18.4 Å². The highest BCUT2D eigenvalue weighted by atomic mass is 35.5. The number of aryl methyl sites for hydroxylation is 1. The van der Waals surface area contributed by atoms with Gasteiger partial charge in [0.25, 0.3) is 5.56 Å². The van der Waals surface area contributed by atoms with Crippen LogP contribution in [-0.4, -0.2) is 33.5 Å². The molecule has 3 aromatic rings. The molecule has 1 aliphatic heterocycles. The summed E-state index contributed by atoms with van der Waals surface area (Å²) in [5.74, 6) is 0.385. The number of fused-ring (bicyclic) bond motifs is 1. The van der Waals surface area contributed by atoms with Gasteiger partial charge in [0, 0.05) is 43.8 Å². The van der Waals surface area contributed by atoms with Crippen LogP contribution in [0, 0.1) is 5.92 Å². The van der Waals surface area contributed by atoms with Crippen molar-refractivity contribution >= 4 is 34.5 Å². The van der Waals surface area contributed by atoms with Crippen LogP contribution >= 0.6 is 11.6 Å². The number of amides is 1. The van der Waals surface area contributed by atoms with Gasteiger partial charge < -0.3 is 10.2 Å². The molecule has 1 saturated heterocycles. The van der Waals surface area contributed by atoms with Crippen LogP contribution < -0.4 is 15.8 Å². The van der Waals surface area contributed by atoms with Gasteiger partial charge in [-0.05, 0) is 42.7 Å². The van der Waals surface area contributed by atoms with Crippen LogP contribution in [0.4, 0.5) is 5.82 Å². The Balaban J connectivity index is 1.40. The molecule has 1 aliphatic rings. The van der Waals surface area contributed by atoms with Crippen molar-refractivity contribution in [3.8, 4) is 0 Å². The molecule has 1 amide bonds. The van der Waals surface area contributed by atoms with Crippen molar-refractivity contribution in [1.29, 1.82) is 0 Å². The zero-order chi connectivity index (χ0) is 20.4. The van der Waals surface area contributed by atoms with E-state index in [2.05, 4.69) is 15.3 Å². The van der Waals surface area contributed by atoms with Crippen LogP contribution in [0.15, 0.2) is 47.4 Å². The van der Waals surface area contributed by atoms with Gasteiger partial charge in [-0.3, -0.25) is 14.2 Å². The molecule has 1 fully saturated rings. The van der Waals surface area contributed by atoms with Gasteiger partial charge in [-0.25, -0.2) is 9.97 Å². The summed E-state index contributed by atoms with van der Waals surface area (Å²) in [5.41, 5.74) is 2.06. The molecule has 2 aromatic heterocycles. The number of benzene rings is 1. The average Bonchev–Trinajstić information content (AvgIpc) is 2.75. The molecule has 0 bridgehead atoms. The molecule has 0 spiro atoms. The molecule has 0 aliphatic carbocycles. The van der Waals surface area contributed by atoms with Gasteiger partial charge in [-0.15, -0.1) is 0 Å². The number of pyridine rings is 1. The summed E-state index contributed by atoms with van der Waals surface area (Å²) in [6, 6.07) is 11.1. The number of halogens is 1. The number of carbonyl (C=O) groups is 1. The molecule has 3 heterocycles. The van der Waals surface area contributed by atoms with Gasteiger partial charge in [0.2, 0.25) is 5.91 Å². The molecule has 29 heavy (non-hydrogen) atoms. The molecule has 0 atom stereocenters. The fraction of sp³-hybridized carbons (Fsp3) is 0.333. The van der Waals surface area contributed by atoms with Crippen molar-refractivity contribution < 1.29 is 4.79 Å². The monoisotopic (exact) mass is 411 g/mol. The Bertz CT molecular complexity index is 1110. The van der Waals surface area contributed by atoms with E-state index in [1.807, 2.05) is 35.2 Å². The van der Waals surface area contributed by atoms with Crippen molar-refractivity contribution in [3.05, 3.63) is 63.5 Å². The van der Waals surface area contributed by atoms with E-state index >= 15 is 0 Å². The third-order valence-electron chi connectivity index (χ3n) is 5.33. The minimum Gasteiger partial charge on any atom is -0.352 e. The Labute approximate surface area is 173 Å². The Morgan fingerprint density at radius 2 is 2.03 bits per heavy atom. The Hall–Kier alpha value is -2.93. The first-order valence-electron chi connectivity index (χ1n) is 9.62. The Kier molecular flexibility index (Phi) is 5.49. The highest BCUT2D eigenvalue weighted by molar-refractivity contribution is 6.30. The second kappa shape index (κ2) is 8.21. The lowest BCUT2D eigenvalue weighted by atomic mass is 9.96. The molecule has 150 valence electrons. The van der Waals surface area contributed by atoms with Gasteiger partial charge in [-0.1, -0.05) is 23.7 Å². The van der Waals surface area contributed by atoms with E-state index in [0.717, 1.165) is 5.56 Å². The maximum Gasteiger partial charge on any atom is 0.294 e. The number of nitrogens with one attached hydrogen (secondary N) is 1. The first kappa shape index (κ1) is 19.4. The smallest absolute Gasteiger partial charge is 0.294 e. The van der Waals surface area contributed by atoms with Crippen LogP contribution in [0.5, 0.6) is 0 Å². The standard InChI is InChI=1S/C21H22ClN5O2/c1-26-18-17(6-3-9-23-18)25-19(21(26)29)27-10-7-15(8-11-27)20(28)24-13-14-4-2-5-16(22)12-14/h2-6,9,12,15H,7-8,10-11,13H2,1H3,(H,24,28). The van der Waals surface area contributed by atoms with E-state index < -0.39 is 0 Å². The maximum atomic E-state index is 12.7. The number of carbonyl (C=O) groups excluding carboxylic acids is 1. The lowest BCUT2D eigenvalue weighted by Gasteiger charge is -2.31. The maximum absolute atomic E-state index is 12.7. The number of piperidine rings is 1. The van der Waals surface area contributed by atoms with Crippen molar-refractivity contribution in [2.75, 3.05) is 18.0 Å². The van der Waals surface area contributed by atoms with Crippen LogP contribution in [0.3, 0.4) is 0 Å². The van der Waals surface area contributed by atoms with Crippen molar-refractivity contribution in [3.63, 3.8) is 0 Å². The van der Waals surface area contributed by atoms with Crippen LogP contribution in [-0.2, 0) is 18.4 Å². The van der Waals surface area contributed by atoms with Gasteiger partial charge in [0.05, 0.1) is 0 Å². The number of hydrogen-bond donors (Lipinski definition) is 1. The fourth-order valence-electron chi connectivity index (χ4n) is 3.68. The summed E-state index contributed by atoms with van der Waals surface area (Å²) in [5, 5.41) is 3.65. The van der Waals surface area contributed by atoms with E-state index in [1.165, 1.54) is 4.57 Å². The lowest BCUT2D eigenvalue weighted by molar-refractivity contribution is -0.125. The molecular weight excluding hydrogens is 390 g/mol. The lowest BCUT2D eigenvalue weighted by Crippen LogP contribution is -2.43. The normalized spacial score (nSPS) is 14.9. The molecule has 8 heteroatoms. The first-order valence-corrected chi connectivity index (χ1v) is 9.99. The largest absolute Gasteiger partial charge is 0.352 e. The zero-order valence-corrected chi connectivity index (χ0v) is 16.9. The van der Waals surface area contributed by atoms with Crippen molar-refractivity contribution in [2.24, 2.45) is 13.0 Å². The minimum absolute atomic E-state index is 0.0354. The number of nitrogens with zero attached hydrogens (tertiary/aromatic N) is 4. The molecule has 1 aromatic carbocycles. The Morgan fingerprint density at radius 1 is 1.24 bits per heavy atom. The molecule has 0 unspecified atom stereocenters. The molecule has 0 radical (unpaired) electrons. The topological polar surface area (TPSA) is 80.1 Å². The highest BCUT2D eigenvalue weighted by Crippen LogP contribution is 2.21. The van der Waals surface area contributed by atoms with E-state index in [-0.39, 0.29) is 17.4 Å². The molecule has 0 saturated carbocycles. The third kappa shape index (κ3) is 4.10. The number of anilines is 1. The van der Waals surface area contributed by atoms with E-state index in [1.54, 1.807) is 19.3 Å². The predicted octanol–water partition coefficient (Wildman–Crippen LogP) is 2.51. The summed E-state index contributed by atoms with van der Waals surface area (Å²) in [4.78, 5) is 36.0. The number of hydrogen-bond acceptors (Lipinski definition) is 5. The highest BCUT2D eigenvalue weighted by Gasteiger charge is 2.27. The van der Waals surface area contributed by atoms with Gasteiger partial charge in [0.1, 0.15) is 5.52 Å². The van der Waals surface area contributed by atoms with Crippen molar-refractivity contribution in [1.82, 2.24) is 19.9 Å².